The van der Waals surface area contributed by atoms with Crippen LogP contribution in [0.1, 0.15) is 12.5 Å². The summed E-state index contributed by atoms with van der Waals surface area (Å²) in [7, 11) is 1.76. The maximum Gasteiger partial charge on any atom is 0.241 e. The molecular weight excluding hydrogens is 303 g/mol. The number of nitrogens with one attached hydrogen (secondary N) is 1. The van der Waals surface area contributed by atoms with E-state index >= 15 is 0 Å². The molecule has 0 radical (unpaired) electrons. The standard InChI is InChI=1S/C17H18ClFN2O/c1-12(17(22)20-13-7-4-3-5-8-13)21(2)11-14-15(18)9-6-10-16(14)19/h3-10,12H,11H2,1-2H3,(H,20,22)/t12-/m1/s1. The summed E-state index contributed by atoms with van der Waals surface area (Å²) >= 11 is 6.02. The number of hydrogen-bond donors (Lipinski definition) is 1. The number of halogens is 2. The largest absolute Gasteiger partial charge is 0.325 e. The van der Waals surface area contributed by atoms with Gasteiger partial charge in [-0.3, -0.25) is 9.69 Å². The lowest BCUT2D eigenvalue weighted by atomic mass is 10.1. The third-order valence-electron chi connectivity index (χ3n) is 3.55. The molecule has 2 rings (SSSR count). The lowest BCUT2D eigenvalue weighted by Crippen LogP contribution is -2.39. The molecule has 2 aromatic rings. The van der Waals surface area contributed by atoms with Crippen molar-refractivity contribution < 1.29 is 9.18 Å². The minimum Gasteiger partial charge on any atom is -0.325 e. The molecular formula is C17H18ClFN2O. The molecule has 0 bridgehead atoms. The molecule has 0 saturated carbocycles. The molecule has 0 saturated heterocycles. The minimum atomic E-state index is -0.420. The summed E-state index contributed by atoms with van der Waals surface area (Å²) < 4.78 is 13.8. The van der Waals surface area contributed by atoms with Crippen LogP contribution in [-0.4, -0.2) is 23.9 Å². The van der Waals surface area contributed by atoms with E-state index in [0.717, 1.165) is 5.69 Å². The van der Waals surface area contributed by atoms with Gasteiger partial charge in [-0.15, -0.1) is 0 Å². The van der Waals surface area contributed by atoms with Gasteiger partial charge in [-0.25, -0.2) is 4.39 Å². The zero-order chi connectivity index (χ0) is 16.1. The van der Waals surface area contributed by atoms with Crippen LogP contribution in [0.3, 0.4) is 0 Å². The molecule has 3 nitrogen and oxygen atoms in total. The quantitative estimate of drug-likeness (QED) is 0.905. The van der Waals surface area contributed by atoms with Crippen molar-refractivity contribution in [2.75, 3.05) is 12.4 Å². The number of hydrogen-bond acceptors (Lipinski definition) is 2. The van der Waals surface area contributed by atoms with Crippen molar-refractivity contribution in [3.63, 3.8) is 0 Å². The molecule has 0 aliphatic rings. The Hall–Kier alpha value is -1.91. The maximum atomic E-state index is 13.8. The van der Waals surface area contributed by atoms with Crippen molar-refractivity contribution in [2.24, 2.45) is 0 Å². The summed E-state index contributed by atoms with van der Waals surface area (Å²) in [6.45, 7) is 2.03. The zero-order valence-corrected chi connectivity index (χ0v) is 13.3. The Morgan fingerprint density at radius 1 is 1.23 bits per heavy atom. The van der Waals surface area contributed by atoms with E-state index in [1.54, 1.807) is 31.0 Å². The van der Waals surface area contributed by atoms with Crippen LogP contribution in [0.2, 0.25) is 5.02 Å². The first kappa shape index (κ1) is 16.5. The molecule has 0 heterocycles. The van der Waals surface area contributed by atoms with E-state index in [0.29, 0.717) is 10.6 Å². The van der Waals surface area contributed by atoms with Gasteiger partial charge in [0.1, 0.15) is 5.82 Å². The van der Waals surface area contributed by atoms with Gasteiger partial charge in [-0.2, -0.15) is 0 Å². The van der Waals surface area contributed by atoms with Crippen LogP contribution in [0.25, 0.3) is 0 Å². The first-order chi connectivity index (χ1) is 10.5. The van der Waals surface area contributed by atoms with Gasteiger partial charge in [0.05, 0.1) is 6.04 Å². The lowest BCUT2D eigenvalue weighted by molar-refractivity contribution is -0.120. The van der Waals surface area contributed by atoms with E-state index in [4.69, 9.17) is 11.6 Å². The van der Waals surface area contributed by atoms with Crippen LogP contribution in [0.4, 0.5) is 10.1 Å². The first-order valence-corrected chi connectivity index (χ1v) is 7.36. The molecule has 2 aromatic carbocycles. The Morgan fingerprint density at radius 3 is 2.55 bits per heavy atom. The third kappa shape index (κ3) is 4.06. The number of amides is 1. The average Bonchev–Trinajstić information content (AvgIpc) is 2.51. The molecule has 0 aliphatic heterocycles. The van der Waals surface area contributed by atoms with Crippen molar-refractivity contribution in [1.82, 2.24) is 4.90 Å². The van der Waals surface area contributed by atoms with Crippen LogP contribution < -0.4 is 5.32 Å². The molecule has 0 fully saturated rings. The van der Waals surface area contributed by atoms with Crippen LogP contribution in [0.5, 0.6) is 0 Å². The second-order valence-electron chi connectivity index (χ2n) is 5.15. The number of carbonyl (C=O) groups is 1. The van der Waals surface area contributed by atoms with Gasteiger partial charge in [-0.1, -0.05) is 35.9 Å². The van der Waals surface area contributed by atoms with Gasteiger partial charge in [0.25, 0.3) is 0 Å². The summed E-state index contributed by atoms with van der Waals surface area (Å²) in [4.78, 5) is 14.0. The van der Waals surface area contributed by atoms with Crippen molar-refractivity contribution in [2.45, 2.75) is 19.5 Å². The third-order valence-corrected chi connectivity index (χ3v) is 3.91. The number of para-hydroxylation sites is 1. The summed E-state index contributed by atoms with van der Waals surface area (Å²) in [5, 5.41) is 3.19. The molecule has 0 aromatic heterocycles. The van der Waals surface area contributed by atoms with Crippen LogP contribution >= 0.6 is 11.6 Å². The van der Waals surface area contributed by atoms with Crippen LogP contribution in [-0.2, 0) is 11.3 Å². The van der Waals surface area contributed by atoms with E-state index in [1.165, 1.54) is 6.07 Å². The number of rotatable bonds is 5. The molecule has 5 heteroatoms. The molecule has 1 N–H and O–H groups in total. The highest BCUT2D eigenvalue weighted by atomic mass is 35.5. The van der Waals surface area contributed by atoms with Crippen molar-refractivity contribution in [3.8, 4) is 0 Å². The number of likely N-dealkylation sites (N-methyl/N-ethyl adjacent to an activating group) is 1. The maximum absolute atomic E-state index is 13.8. The number of benzene rings is 2. The van der Waals surface area contributed by atoms with Gasteiger partial charge in [0.15, 0.2) is 0 Å². The van der Waals surface area contributed by atoms with Crippen LogP contribution in [0, 0.1) is 5.82 Å². The molecule has 0 spiro atoms. The average molecular weight is 321 g/mol. The summed E-state index contributed by atoms with van der Waals surface area (Å²) in [6, 6.07) is 13.4. The van der Waals surface area contributed by atoms with Gasteiger partial charge in [0.2, 0.25) is 5.91 Å². The highest BCUT2D eigenvalue weighted by molar-refractivity contribution is 6.31. The first-order valence-electron chi connectivity index (χ1n) is 6.98. The Kier molecular flexibility index (Phi) is 5.52. The molecule has 116 valence electrons. The second kappa shape index (κ2) is 7.38. The monoisotopic (exact) mass is 320 g/mol. The molecule has 1 atom stereocenters. The summed E-state index contributed by atoms with van der Waals surface area (Å²) in [5.41, 5.74) is 1.13. The predicted molar refractivity (Wildman–Crippen MR) is 87.4 cm³/mol. The van der Waals surface area contributed by atoms with Gasteiger partial charge >= 0.3 is 0 Å². The Morgan fingerprint density at radius 2 is 1.91 bits per heavy atom. The van der Waals surface area contributed by atoms with Gasteiger partial charge in [0, 0.05) is 22.8 Å². The van der Waals surface area contributed by atoms with Crippen molar-refractivity contribution in [1.29, 1.82) is 0 Å². The fourth-order valence-corrected chi connectivity index (χ4v) is 2.26. The topological polar surface area (TPSA) is 32.3 Å². The number of anilines is 1. The highest BCUT2D eigenvalue weighted by Gasteiger charge is 2.20. The summed E-state index contributed by atoms with van der Waals surface area (Å²) in [5.74, 6) is -0.517. The highest BCUT2D eigenvalue weighted by Crippen LogP contribution is 2.21. The second-order valence-corrected chi connectivity index (χ2v) is 5.55. The molecule has 22 heavy (non-hydrogen) atoms. The molecule has 0 aliphatic carbocycles. The number of nitrogens with zero attached hydrogens (tertiary/aromatic N) is 1. The molecule has 0 unspecified atom stereocenters. The number of carbonyl (C=O) groups excluding carboxylic acids is 1. The normalized spacial score (nSPS) is 12.2. The zero-order valence-electron chi connectivity index (χ0n) is 12.5. The fraction of sp³-hybridized carbons (Fsp3) is 0.235. The van der Waals surface area contributed by atoms with E-state index in [-0.39, 0.29) is 18.3 Å². The van der Waals surface area contributed by atoms with Crippen LogP contribution in [0.15, 0.2) is 48.5 Å². The van der Waals surface area contributed by atoms with Crippen molar-refractivity contribution >= 4 is 23.2 Å². The SMILES string of the molecule is C[C@H](C(=O)Nc1ccccc1)N(C)Cc1c(F)cccc1Cl. The van der Waals surface area contributed by atoms with E-state index in [9.17, 15) is 9.18 Å². The van der Waals surface area contributed by atoms with Gasteiger partial charge < -0.3 is 5.32 Å². The van der Waals surface area contributed by atoms with E-state index in [1.807, 2.05) is 30.3 Å². The van der Waals surface area contributed by atoms with Crippen molar-refractivity contribution in [3.05, 3.63) is 64.9 Å². The minimum absolute atomic E-state index is 0.152. The predicted octanol–water partition coefficient (Wildman–Crippen LogP) is 3.94. The van der Waals surface area contributed by atoms with Gasteiger partial charge in [-0.05, 0) is 38.2 Å². The van der Waals surface area contributed by atoms with E-state index < -0.39 is 6.04 Å². The Bertz CT molecular complexity index is 628. The molecule has 1 amide bonds. The fourth-order valence-electron chi connectivity index (χ4n) is 2.04. The van der Waals surface area contributed by atoms with E-state index in [2.05, 4.69) is 5.32 Å². The Labute approximate surface area is 134 Å². The smallest absolute Gasteiger partial charge is 0.241 e. The Balaban J connectivity index is 2.02. The summed E-state index contributed by atoms with van der Waals surface area (Å²) in [6.07, 6.45) is 0. The lowest BCUT2D eigenvalue weighted by Gasteiger charge is -2.24.